The molecule has 10 heteroatoms. The van der Waals surface area contributed by atoms with E-state index in [0.717, 1.165) is 6.92 Å². The third kappa shape index (κ3) is 3.44. The SMILES string of the molecule is CC(=O)C1=C(OS(=O)(=O)C(F)(F)F)CCC2(C1)OCCCO2. The summed E-state index contributed by atoms with van der Waals surface area (Å²) in [6, 6.07) is 0. The van der Waals surface area contributed by atoms with E-state index < -0.39 is 33.0 Å². The highest BCUT2D eigenvalue weighted by molar-refractivity contribution is 7.87. The maximum Gasteiger partial charge on any atom is 0.534 e. The molecule has 0 amide bonds. The molecule has 0 aromatic carbocycles. The van der Waals surface area contributed by atoms with Crippen LogP contribution in [-0.2, 0) is 28.6 Å². The smallest absolute Gasteiger partial charge is 0.380 e. The van der Waals surface area contributed by atoms with Crippen molar-refractivity contribution >= 4 is 15.9 Å². The van der Waals surface area contributed by atoms with Crippen LogP contribution in [0.4, 0.5) is 13.2 Å². The molecule has 2 rings (SSSR count). The minimum Gasteiger partial charge on any atom is -0.380 e. The highest BCUT2D eigenvalue weighted by Crippen LogP contribution is 2.40. The fourth-order valence-electron chi connectivity index (χ4n) is 2.37. The number of Topliss-reactive ketones (excluding diaryl/α,β-unsaturated/α-hetero) is 1. The summed E-state index contributed by atoms with van der Waals surface area (Å²) < 4.78 is 74.5. The summed E-state index contributed by atoms with van der Waals surface area (Å²) in [6.07, 6.45) is 0.467. The van der Waals surface area contributed by atoms with Crippen LogP contribution in [0.1, 0.15) is 32.6 Å². The van der Waals surface area contributed by atoms with Gasteiger partial charge in [0.1, 0.15) is 5.76 Å². The third-order valence-corrected chi connectivity index (χ3v) is 4.44. The van der Waals surface area contributed by atoms with E-state index in [1.807, 2.05) is 0 Å². The normalized spacial score (nSPS) is 22.7. The second-order valence-electron chi connectivity index (χ2n) is 5.08. The fraction of sp³-hybridized carbons (Fsp3) is 0.750. The average Bonchev–Trinajstić information content (AvgIpc) is 2.40. The molecule has 0 unspecified atom stereocenters. The Morgan fingerprint density at radius 2 is 1.86 bits per heavy atom. The summed E-state index contributed by atoms with van der Waals surface area (Å²) in [5.74, 6) is -2.16. The van der Waals surface area contributed by atoms with Gasteiger partial charge in [0.25, 0.3) is 0 Å². The molecule has 1 aliphatic heterocycles. The molecule has 1 saturated heterocycles. The Hall–Kier alpha value is -1.13. The number of hydrogen-bond acceptors (Lipinski definition) is 6. The van der Waals surface area contributed by atoms with E-state index in [4.69, 9.17) is 9.47 Å². The van der Waals surface area contributed by atoms with Crippen molar-refractivity contribution in [3.63, 3.8) is 0 Å². The van der Waals surface area contributed by atoms with Crippen molar-refractivity contribution in [3.05, 3.63) is 11.3 Å². The first-order valence-corrected chi connectivity index (χ1v) is 7.99. The van der Waals surface area contributed by atoms with Crippen molar-refractivity contribution in [2.45, 2.75) is 43.9 Å². The van der Waals surface area contributed by atoms with Gasteiger partial charge < -0.3 is 13.7 Å². The first-order chi connectivity index (χ1) is 10.1. The zero-order valence-corrected chi connectivity index (χ0v) is 12.6. The number of hydrogen-bond donors (Lipinski definition) is 0. The van der Waals surface area contributed by atoms with Gasteiger partial charge in [-0.3, -0.25) is 4.79 Å². The highest BCUT2D eigenvalue weighted by Gasteiger charge is 2.50. The Morgan fingerprint density at radius 3 is 2.36 bits per heavy atom. The van der Waals surface area contributed by atoms with E-state index in [9.17, 15) is 26.4 Å². The van der Waals surface area contributed by atoms with Crippen molar-refractivity contribution < 1.29 is 40.0 Å². The fourth-order valence-corrected chi connectivity index (χ4v) is 2.91. The summed E-state index contributed by atoms with van der Waals surface area (Å²) in [4.78, 5) is 11.6. The average molecular weight is 344 g/mol. The number of carbonyl (C=O) groups excluding carboxylic acids is 1. The molecule has 1 spiro atoms. The molecule has 0 N–H and O–H groups in total. The van der Waals surface area contributed by atoms with Crippen LogP contribution in [0.5, 0.6) is 0 Å². The predicted molar refractivity (Wildman–Crippen MR) is 66.9 cm³/mol. The standard InChI is InChI=1S/C12H15F3O6S/c1-8(16)9-7-11(19-5-2-6-20-11)4-3-10(9)21-22(17,18)12(13,14)15/h2-7H2,1H3. The van der Waals surface area contributed by atoms with E-state index in [-0.39, 0.29) is 24.8 Å². The Morgan fingerprint density at radius 1 is 1.27 bits per heavy atom. The zero-order chi connectivity index (χ0) is 16.6. The second kappa shape index (κ2) is 5.82. The van der Waals surface area contributed by atoms with E-state index in [1.54, 1.807) is 0 Å². The number of allylic oxidation sites excluding steroid dienone is 1. The van der Waals surface area contributed by atoms with Crippen LogP contribution in [0.15, 0.2) is 11.3 Å². The van der Waals surface area contributed by atoms with Crippen molar-refractivity contribution in [3.8, 4) is 0 Å². The lowest BCUT2D eigenvalue weighted by atomic mass is 9.89. The Bertz CT molecular complexity index is 586. The molecule has 1 heterocycles. The van der Waals surface area contributed by atoms with Crippen LogP contribution in [0, 0.1) is 0 Å². The molecule has 2 aliphatic rings. The number of carbonyl (C=O) groups is 1. The van der Waals surface area contributed by atoms with Crippen LogP contribution >= 0.6 is 0 Å². The lowest BCUT2D eigenvalue weighted by molar-refractivity contribution is -0.271. The van der Waals surface area contributed by atoms with Gasteiger partial charge in [-0.2, -0.15) is 21.6 Å². The number of ketones is 1. The minimum atomic E-state index is -5.80. The molecule has 6 nitrogen and oxygen atoms in total. The molecule has 0 atom stereocenters. The minimum absolute atomic E-state index is 0.118. The van der Waals surface area contributed by atoms with E-state index in [1.165, 1.54) is 0 Å². The Labute approximate surface area is 125 Å². The summed E-state index contributed by atoms with van der Waals surface area (Å²) in [6.45, 7) is 1.94. The maximum absolute atomic E-state index is 12.4. The quantitative estimate of drug-likeness (QED) is 0.576. The molecule has 0 aromatic heterocycles. The number of halogens is 3. The molecule has 126 valence electrons. The van der Waals surface area contributed by atoms with Gasteiger partial charge in [-0.05, 0) is 13.3 Å². The molecule has 0 aromatic rings. The molecule has 0 bridgehead atoms. The van der Waals surface area contributed by atoms with Crippen LogP contribution in [0.3, 0.4) is 0 Å². The number of rotatable bonds is 3. The van der Waals surface area contributed by atoms with Crippen LogP contribution < -0.4 is 0 Å². The first kappa shape index (κ1) is 17.2. The summed E-state index contributed by atoms with van der Waals surface area (Å²) in [7, 11) is -5.80. The second-order valence-corrected chi connectivity index (χ2v) is 6.62. The van der Waals surface area contributed by atoms with Crippen molar-refractivity contribution in [1.29, 1.82) is 0 Å². The van der Waals surface area contributed by atoms with Crippen molar-refractivity contribution in [2.75, 3.05) is 13.2 Å². The molecular weight excluding hydrogens is 329 g/mol. The van der Waals surface area contributed by atoms with Gasteiger partial charge in [-0.15, -0.1) is 0 Å². The van der Waals surface area contributed by atoms with Crippen LogP contribution in [-0.4, -0.2) is 38.7 Å². The van der Waals surface area contributed by atoms with Gasteiger partial charge in [0.15, 0.2) is 11.6 Å². The molecule has 1 fully saturated rings. The lowest BCUT2D eigenvalue weighted by Crippen LogP contribution is -2.44. The summed E-state index contributed by atoms with van der Waals surface area (Å²) in [5.41, 5.74) is -5.70. The molecular formula is C12H15F3O6S. The van der Waals surface area contributed by atoms with E-state index in [0.29, 0.717) is 19.6 Å². The largest absolute Gasteiger partial charge is 0.534 e. The van der Waals surface area contributed by atoms with E-state index in [2.05, 4.69) is 4.18 Å². The van der Waals surface area contributed by atoms with Gasteiger partial charge in [0, 0.05) is 24.8 Å². The third-order valence-electron chi connectivity index (χ3n) is 3.45. The van der Waals surface area contributed by atoms with Gasteiger partial charge in [0.05, 0.1) is 13.2 Å². The van der Waals surface area contributed by atoms with Gasteiger partial charge in [-0.25, -0.2) is 0 Å². The molecule has 22 heavy (non-hydrogen) atoms. The van der Waals surface area contributed by atoms with Gasteiger partial charge in [-0.1, -0.05) is 0 Å². The predicted octanol–water partition coefficient (Wildman–Crippen LogP) is 2.01. The summed E-state index contributed by atoms with van der Waals surface area (Å²) in [5, 5.41) is 0. The maximum atomic E-state index is 12.4. The van der Waals surface area contributed by atoms with E-state index >= 15 is 0 Å². The van der Waals surface area contributed by atoms with Crippen LogP contribution in [0.2, 0.25) is 0 Å². The van der Waals surface area contributed by atoms with Crippen LogP contribution in [0.25, 0.3) is 0 Å². The monoisotopic (exact) mass is 344 g/mol. The topological polar surface area (TPSA) is 78.9 Å². The Balaban J connectivity index is 2.29. The van der Waals surface area contributed by atoms with Crippen molar-refractivity contribution in [2.24, 2.45) is 0 Å². The van der Waals surface area contributed by atoms with Gasteiger partial charge in [0.2, 0.25) is 0 Å². The highest BCUT2D eigenvalue weighted by atomic mass is 32.2. The Kier molecular flexibility index (Phi) is 4.56. The number of alkyl halides is 3. The molecule has 0 radical (unpaired) electrons. The number of ether oxygens (including phenoxy) is 2. The zero-order valence-electron chi connectivity index (χ0n) is 11.7. The summed E-state index contributed by atoms with van der Waals surface area (Å²) >= 11 is 0. The lowest BCUT2D eigenvalue weighted by Gasteiger charge is -2.40. The van der Waals surface area contributed by atoms with Crippen molar-refractivity contribution in [1.82, 2.24) is 0 Å². The van der Waals surface area contributed by atoms with Gasteiger partial charge >= 0.3 is 15.6 Å². The molecule has 0 saturated carbocycles. The first-order valence-electron chi connectivity index (χ1n) is 6.58. The molecule has 1 aliphatic carbocycles.